The van der Waals surface area contributed by atoms with Gasteiger partial charge in [-0.05, 0) is 78.8 Å². The van der Waals surface area contributed by atoms with Crippen LogP contribution in [0.4, 0.5) is 11.4 Å². The van der Waals surface area contributed by atoms with Crippen LogP contribution >= 0.6 is 0 Å². The maximum atomic E-state index is 11.8. The van der Waals surface area contributed by atoms with E-state index < -0.39 is 5.97 Å². The van der Waals surface area contributed by atoms with Gasteiger partial charge in [0, 0.05) is 37.6 Å². The first-order valence-electron chi connectivity index (χ1n) is 14.9. The van der Waals surface area contributed by atoms with Gasteiger partial charge in [0.1, 0.15) is 0 Å². The predicted octanol–water partition coefficient (Wildman–Crippen LogP) is 7.05. The second-order valence-electron chi connectivity index (χ2n) is 13.2. The molecule has 2 aliphatic heterocycles. The van der Waals surface area contributed by atoms with Gasteiger partial charge in [-0.1, -0.05) is 65.8 Å². The van der Waals surface area contributed by atoms with Crippen LogP contribution in [0.1, 0.15) is 85.3 Å². The Hall–Kier alpha value is -3.02. The fourth-order valence-corrected chi connectivity index (χ4v) is 5.36. The lowest BCUT2D eigenvalue weighted by molar-refractivity contribution is -0.148. The van der Waals surface area contributed by atoms with Crippen molar-refractivity contribution in [3.05, 3.63) is 59.7 Å². The van der Waals surface area contributed by atoms with Crippen molar-refractivity contribution in [3.63, 3.8) is 0 Å². The first kappa shape index (κ1) is 31.5. The Morgan fingerprint density at radius 2 is 1.05 bits per heavy atom. The molecule has 1 N–H and O–H groups in total. The molecule has 2 aliphatic rings. The van der Waals surface area contributed by atoms with Gasteiger partial charge in [0.15, 0.2) is 0 Å². The number of carbonyl (C=O) groups excluding carboxylic acids is 1. The molecule has 4 rings (SSSR count). The Morgan fingerprint density at radius 3 is 1.35 bits per heavy atom. The fourth-order valence-electron chi connectivity index (χ4n) is 5.36. The fraction of sp³-hybridized carbons (Fsp3) is 0.588. The van der Waals surface area contributed by atoms with E-state index in [1.165, 1.54) is 22.5 Å². The number of piperidine rings is 2. The number of nitrogens with zero attached hydrogens (tertiary/aromatic N) is 2. The quantitative estimate of drug-likeness (QED) is 0.402. The standard InChI is InChI=1S/C18H27NO2.C16H23NO2/c1-5-21-17(20)14-10-12-19(13-11-14)16-8-6-15(7-9-16)18(2,3)4;1-16(2,3)13-4-6-14(7-5-13)17-10-8-12(9-11-17)15(18)19/h6-9,14H,5,10-13H2,1-4H3;4-7,12H,8-11H2,1-3H3,(H,18,19). The smallest absolute Gasteiger partial charge is 0.309 e. The molecule has 0 bridgehead atoms. The van der Waals surface area contributed by atoms with Crippen molar-refractivity contribution in [2.24, 2.45) is 11.8 Å². The topological polar surface area (TPSA) is 70.1 Å². The van der Waals surface area contributed by atoms with Crippen LogP contribution in [-0.2, 0) is 25.2 Å². The molecule has 2 aromatic carbocycles. The molecule has 0 saturated carbocycles. The summed E-state index contributed by atoms with van der Waals surface area (Å²) in [5.41, 5.74) is 5.51. The molecule has 6 heteroatoms. The second kappa shape index (κ2) is 13.6. The Bertz CT molecular complexity index is 1080. The van der Waals surface area contributed by atoms with Gasteiger partial charge in [-0.15, -0.1) is 0 Å². The third-order valence-corrected chi connectivity index (χ3v) is 8.16. The molecular formula is C34H50N2O4. The minimum atomic E-state index is -0.650. The van der Waals surface area contributed by atoms with Crippen LogP contribution in [0.2, 0.25) is 0 Å². The first-order chi connectivity index (χ1) is 18.8. The van der Waals surface area contributed by atoms with Crippen molar-refractivity contribution in [1.29, 1.82) is 0 Å². The molecule has 0 spiro atoms. The molecule has 40 heavy (non-hydrogen) atoms. The van der Waals surface area contributed by atoms with E-state index in [2.05, 4.69) is 99.9 Å². The highest BCUT2D eigenvalue weighted by Gasteiger charge is 2.27. The number of esters is 1. The zero-order chi connectivity index (χ0) is 29.5. The van der Waals surface area contributed by atoms with Crippen molar-refractivity contribution in [1.82, 2.24) is 0 Å². The third kappa shape index (κ3) is 8.74. The molecule has 0 unspecified atom stereocenters. The highest BCUT2D eigenvalue weighted by molar-refractivity contribution is 5.73. The van der Waals surface area contributed by atoms with Gasteiger partial charge >= 0.3 is 11.9 Å². The summed E-state index contributed by atoms with van der Waals surface area (Å²) in [4.78, 5) is 27.3. The Labute approximate surface area is 241 Å². The summed E-state index contributed by atoms with van der Waals surface area (Å²) in [6.07, 6.45) is 3.27. The summed E-state index contributed by atoms with van der Waals surface area (Å²) in [5, 5.41) is 9.00. The van der Waals surface area contributed by atoms with E-state index >= 15 is 0 Å². The van der Waals surface area contributed by atoms with Crippen LogP contribution in [0, 0.1) is 11.8 Å². The molecule has 0 aromatic heterocycles. The van der Waals surface area contributed by atoms with Crippen molar-refractivity contribution in [2.75, 3.05) is 42.6 Å². The normalized spacial score (nSPS) is 17.2. The number of carboxylic acids is 1. The number of benzene rings is 2. The van der Waals surface area contributed by atoms with Crippen molar-refractivity contribution in [3.8, 4) is 0 Å². The lowest BCUT2D eigenvalue weighted by Gasteiger charge is -2.33. The van der Waals surface area contributed by atoms with Crippen molar-refractivity contribution in [2.45, 2.75) is 85.0 Å². The Morgan fingerprint density at radius 1 is 0.700 bits per heavy atom. The van der Waals surface area contributed by atoms with E-state index in [4.69, 9.17) is 9.84 Å². The van der Waals surface area contributed by atoms with Gasteiger partial charge in [0.25, 0.3) is 0 Å². The number of ether oxygens (including phenoxy) is 1. The molecule has 0 radical (unpaired) electrons. The van der Waals surface area contributed by atoms with Crippen LogP contribution in [-0.4, -0.2) is 49.8 Å². The molecule has 2 heterocycles. The van der Waals surface area contributed by atoms with Crippen LogP contribution in [0.5, 0.6) is 0 Å². The molecule has 220 valence electrons. The third-order valence-electron chi connectivity index (χ3n) is 8.16. The van der Waals surface area contributed by atoms with E-state index in [0.717, 1.165) is 51.9 Å². The first-order valence-corrected chi connectivity index (χ1v) is 14.9. The van der Waals surface area contributed by atoms with E-state index in [9.17, 15) is 9.59 Å². The van der Waals surface area contributed by atoms with Crippen molar-refractivity contribution >= 4 is 23.3 Å². The molecule has 0 aliphatic carbocycles. The summed E-state index contributed by atoms with van der Waals surface area (Å²) in [5.74, 6) is -0.761. The number of hydrogen-bond donors (Lipinski definition) is 1. The zero-order valence-electron chi connectivity index (χ0n) is 25.7. The summed E-state index contributed by atoms with van der Waals surface area (Å²) in [6.45, 7) is 19.2. The van der Waals surface area contributed by atoms with E-state index in [-0.39, 0.29) is 28.6 Å². The molecule has 2 saturated heterocycles. The van der Waals surface area contributed by atoms with Gasteiger partial charge in [-0.25, -0.2) is 0 Å². The van der Waals surface area contributed by atoms with Crippen LogP contribution < -0.4 is 9.80 Å². The van der Waals surface area contributed by atoms with Gasteiger partial charge in [-0.2, -0.15) is 0 Å². The number of carbonyl (C=O) groups is 2. The van der Waals surface area contributed by atoms with Crippen molar-refractivity contribution < 1.29 is 19.4 Å². The second-order valence-corrected chi connectivity index (χ2v) is 13.2. The molecule has 0 atom stereocenters. The Balaban J connectivity index is 0.000000222. The maximum absolute atomic E-state index is 11.8. The summed E-state index contributed by atoms with van der Waals surface area (Å²) in [7, 11) is 0. The number of aliphatic carboxylic acids is 1. The van der Waals surface area contributed by atoms with Crippen LogP contribution in [0.25, 0.3) is 0 Å². The maximum Gasteiger partial charge on any atom is 0.309 e. The van der Waals surface area contributed by atoms with Crippen LogP contribution in [0.15, 0.2) is 48.5 Å². The predicted molar refractivity (Wildman–Crippen MR) is 164 cm³/mol. The highest BCUT2D eigenvalue weighted by Crippen LogP contribution is 2.29. The van der Waals surface area contributed by atoms with E-state index in [1.54, 1.807) is 0 Å². The van der Waals surface area contributed by atoms with Crippen LogP contribution in [0.3, 0.4) is 0 Å². The highest BCUT2D eigenvalue weighted by atomic mass is 16.5. The molecular weight excluding hydrogens is 500 g/mol. The largest absolute Gasteiger partial charge is 0.481 e. The van der Waals surface area contributed by atoms with Gasteiger partial charge < -0.3 is 19.6 Å². The number of carboxylic acid groups (broad SMARTS) is 1. The number of rotatable bonds is 5. The molecule has 2 fully saturated rings. The average molecular weight is 551 g/mol. The van der Waals surface area contributed by atoms with E-state index in [1.807, 2.05) is 6.92 Å². The van der Waals surface area contributed by atoms with E-state index in [0.29, 0.717) is 6.61 Å². The SMILES string of the molecule is CC(C)(C)c1ccc(N2CCC(C(=O)O)CC2)cc1.CCOC(=O)C1CCN(c2ccc(C(C)(C)C)cc2)CC1. The zero-order valence-corrected chi connectivity index (χ0v) is 25.7. The summed E-state index contributed by atoms with van der Waals surface area (Å²) in [6, 6.07) is 17.5. The molecule has 2 aromatic rings. The minimum absolute atomic E-state index is 0.0276. The van der Waals surface area contributed by atoms with Gasteiger partial charge in [0.2, 0.25) is 0 Å². The summed E-state index contributed by atoms with van der Waals surface area (Å²) >= 11 is 0. The number of anilines is 2. The van der Waals surface area contributed by atoms with Gasteiger partial charge in [-0.3, -0.25) is 9.59 Å². The molecule has 6 nitrogen and oxygen atoms in total. The average Bonchev–Trinajstić information content (AvgIpc) is 2.93. The lowest BCUT2D eigenvalue weighted by atomic mass is 9.87. The lowest BCUT2D eigenvalue weighted by Crippen LogP contribution is -2.37. The molecule has 0 amide bonds. The number of hydrogen-bond acceptors (Lipinski definition) is 5. The Kier molecular flexibility index (Phi) is 10.7. The minimum Gasteiger partial charge on any atom is -0.481 e. The monoisotopic (exact) mass is 550 g/mol. The van der Waals surface area contributed by atoms with Gasteiger partial charge in [0.05, 0.1) is 18.4 Å². The summed E-state index contributed by atoms with van der Waals surface area (Å²) < 4.78 is 5.12.